The van der Waals surface area contributed by atoms with E-state index in [0.717, 1.165) is 31.4 Å². The molecule has 1 saturated carbocycles. The smallest absolute Gasteiger partial charge is 0.237 e. The topological polar surface area (TPSA) is 84.0 Å². The first-order chi connectivity index (χ1) is 12.6. The quantitative estimate of drug-likeness (QED) is 0.728. The normalized spacial score (nSPS) is 14.8. The van der Waals surface area contributed by atoms with E-state index in [1.54, 1.807) is 0 Å². The standard InChI is InChI=1S/C18H22N4O2S2/c1-12-7-9-14(10-8-12)19-17-21-22-18(26-17)25-11-15(23)20-16(24)13-5-3-2-4-6-13/h7-10,13H,2-6,11H2,1H3,(H,19,21)(H,20,23,24). The Morgan fingerprint density at radius 1 is 1.15 bits per heavy atom. The summed E-state index contributed by atoms with van der Waals surface area (Å²) in [4.78, 5) is 24.1. The SMILES string of the molecule is Cc1ccc(Nc2nnc(SCC(=O)NC(=O)C3CCCCC3)s2)cc1. The molecule has 26 heavy (non-hydrogen) atoms. The maximum absolute atomic E-state index is 12.1. The molecule has 2 amide bonds. The number of nitrogens with one attached hydrogen (secondary N) is 2. The number of hydrogen-bond acceptors (Lipinski definition) is 7. The first-order valence-corrected chi connectivity index (χ1v) is 10.5. The predicted molar refractivity (Wildman–Crippen MR) is 105 cm³/mol. The Labute approximate surface area is 161 Å². The van der Waals surface area contributed by atoms with Gasteiger partial charge in [0.15, 0.2) is 4.34 Å². The summed E-state index contributed by atoms with van der Waals surface area (Å²) in [5.74, 6) is -0.245. The van der Waals surface area contributed by atoms with Gasteiger partial charge in [0.25, 0.3) is 0 Å². The summed E-state index contributed by atoms with van der Waals surface area (Å²) < 4.78 is 0.694. The van der Waals surface area contributed by atoms with Crippen LogP contribution in [0.1, 0.15) is 37.7 Å². The molecule has 2 N–H and O–H groups in total. The third-order valence-electron chi connectivity index (χ3n) is 4.27. The molecule has 0 radical (unpaired) electrons. The number of carbonyl (C=O) groups is 2. The average molecular weight is 391 g/mol. The first-order valence-electron chi connectivity index (χ1n) is 8.74. The van der Waals surface area contributed by atoms with Gasteiger partial charge in [-0.3, -0.25) is 14.9 Å². The zero-order valence-electron chi connectivity index (χ0n) is 14.7. The van der Waals surface area contributed by atoms with Crippen molar-refractivity contribution in [3.05, 3.63) is 29.8 Å². The van der Waals surface area contributed by atoms with Crippen molar-refractivity contribution in [2.75, 3.05) is 11.1 Å². The lowest BCUT2D eigenvalue weighted by Crippen LogP contribution is -2.37. The third-order valence-corrected chi connectivity index (χ3v) is 6.25. The van der Waals surface area contributed by atoms with Crippen LogP contribution >= 0.6 is 23.1 Å². The Morgan fingerprint density at radius 3 is 2.62 bits per heavy atom. The molecular formula is C18H22N4O2S2. The van der Waals surface area contributed by atoms with E-state index in [-0.39, 0.29) is 23.5 Å². The molecule has 0 unspecified atom stereocenters. The van der Waals surface area contributed by atoms with E-state index < -0.39 is 0 Å². The molecule has 6 nitrogen and oxygen atoms in total. The van der Waals surface area contributed by atoms with Crippen molar-refractivity contribution in [1.82, 2.24) is 15.5 Å². The highest BCUT2D eigenvalue weighted by Crippen LogP contribution is 2.28. The first kappa shape index (κ1) is 18.8. The molecule has 138 valence electrons. The molecule has 1 aliphatic rings. The second-order valence-electron chi connectivity index (χ2n) is 6.40. The number of hydrogen-bond donors (Lipinski definition) is 2. The number of nitrogens with zero attached hydrogens (tertiary/aromatic N) is 2. The fourth-order valence-corrected chi connectivity index (χ4v) is 4.42. The number of thioether (sulfide) groups is 1. The summed E-state index contributed by atoms with van der Waals surface area (Å²) in [5.41, 5.74) is 2.14. The average Bonchev–Trinajstić information content (AvgIpc) is 3.10. The highest BCUT2D eigenvalue weighted by molar-refractivity contribution is 8.01. The molecule has 0 spiro atoms. The summed E-state index contributed by atoms with van der Waals surface area (Å²) in [6.07, 6.45) is 5.10. The van der Waals surface area contributed by atoms with E-state index >= 15 is 0 Å². The van der Waals surface area contributed by atoms with Crippen LogP contribution in [0.5, 0.6) is 0 Å². The molecule has 1 aliphatic carbocycles. The van der Waals surface area contributed by atoms with E-state index in [2.05, 4.69) is 20.8 Å². The Balaban J connectivity index is 1.44. The van der Waals surface area contributed by atoms with Crippen LogP contribution in [0.3, 0.4) is 0 Å². The number of aryl methyl sites for hydroxylation is 1. The van der Waals surface area contributed by atoms with E-state index in [9.17, 15) is 9.59 Å². The summed E-state index contributed by atoms with van der Waals surface area (Å²) in [6.45, 7) is 2.04. The summed E-state index contributed by atoms with van der Waals surface area (Å²) in [6, 6.07) is 8.00. The highest BCUT2D eigenvalue weighted by Gasteiger charge is 2.22. The number of aromatic nitrogens is 2. The van der Waals surface area contributed by atoms with Crippen molar-refractivity contribution in [2.24, 2.45) is 5.92 Å². The number of rotatable bonds is 6. The van der Waals surface area contributed by atoms with Crippen LogP contribution in [-0.4, -0.2) is 27.8 Å². The fourth-order valence-electron chi connectivity index (χ4n) is 2.85. The van der Waals surface area contributed by atoms with Crippen LogP contribution in [0.15, 0.2) is 28.6 Å². The van der Waals surface area contributed by atoms with Gasteiger partial charge in [-0.2, -0.15) is 0 Å². The summed E-state index contributed by atoms with van der Waals surface area (Å²) in [5, 5.41) is 14.5. The molecule has 2 aromatic rings. The number of benzene rings is 1. The third kappa shape index (κ3) is 5.54. The molecular weight excluding hydrogens is 368 g/mol. The van der Waals surface area contributed by atoms with Crippen molar-refractivity contribution in [1.29, 1.82) is 0 Å². The van der Waals surface area contributed by atoms with E-state index in [1.807, 2.05) is 31.2 Å². The maximum Gasteiger partial charge on any atom is 0.237 e. The zero-order chi connectivity index (χ0) is 18.4. The lowest BCUT2D eigenvalue weighted by Gasteiger charge is -2.20. The van der Waals surface area contributed by atoms with E-state index in [0.29, 0.717) is 9.47 Å². The van der Waals surface area contributed by atoms with Gasteiger partial charge in [-0.15, -0.1) is 10.2 Å². The van der Waals surface area contributed by atoms with Crippen LogP contribution in [0.4, 0.5) is 10.8 Å². The zero-order valence-corrected chi connectivity index (χ0v) is 16.3. The van der Waals surface area contributed by atoms with Gasteiger partial charge in [0.05, 0.1) is 5.75 Å². The van der Waals surface area contributed by atoms with Crippen LogP contribution in [-0.2, 0) is 9.59 Å². The lowest BCUT2D eigenvalue weighted by atomic mass is 9.89. The lowest BCUT2D eigenvalue weighted by molar-refractivity contribution is -0.132. The second-order valence-corrected chi connectivity index (χ2v) is 8.60. The van der Waals surface area contributed by atoms with Gasteiger partial charge >= 0.3 is 0 Å². The molecule has 1 fully saturated rings. The van der Waals surface area contributed by atoms with Crippen LogP contribution in [0.2, 0.25) is 0 Å². The largest absolute Gasteiger partial charge is 0.330 e. The molecule has 0 aliphatic heterocycles. The molecule has 0 saturated heterocycles. The highest BCUT2D eigenvalue weighted by atomic mass is 32.2. The Kier molecular flexibility index (Phi) is 6.62. The fraction of sp³-hybridized carbons (Fsp3) is 0.444. The van der Waals surface area contributed by atoms with E-state index in [4.69, 9.17) is 0 Å². The molecule has 0 atom stereocenters. The number of carbonyl (C=O) groups excluding carboxylic acids is 2. The molecule has 1 aromatic carbocycles. The number of anilines is 2. The van der Waals surface area contributed by atoms with Crippen LogP contribution in [0, 0.1) is 12.8 Å². The monoisotopic (exact) mass is 390 g/mol. The Bertz CT molecular complexity index is 755. The summed E-state index contributed by atoms with van der Waals surface area (Å²) >= 11 is 2.68. The second kappa shape index (κ2) is 9.14. The van der Waals surface area contributed by atoms with Crippen LogP contribution in [0.25, 0.3) is 0 Å². The predicted octanol–water partition coefficient (Wildman–Crippen LogP) is 3.91. The van der Waals surface area contributed by atoms with Gasteiger partial charge in [-0.05, 0) is 31.9 Å². The number of amides is 2. The molecule has 1 aromatic heterocycles. The van der Waals surface area contributed by atoms with Crippen molar-refractivity contribution in [3.63, 3.8) is 0 Å². The molecule has 3 rings (SSSR count). The van der Waals surface area contributed by atoms with Crippen LogP contribution < -0.4 is 10.6 Å². The Morgan fingerprint density at radius 2 is 1.88 bits per heavy atom. The van der Waals surface area contributed by atoms with Crippen molar-refractivity contribution in [3.8, 4) is 0 Å². The van der Waals surface area contributed by atoms with Gasteiger partial charge in [0.1, 0.15) is 0 Å². The minimum absolute atomic E-state index is 0.00968. The Hall–Kier alpha value is -1.93. The van der Waals surface area contributed by atoms with Crippen molar-refractivity contribution in [2.45, 2.75) is 43.4 Å². The van der Waals surface area contributed by atoms with Gasteiger partial charge in [-0.25, -0.2) is 0 Å². The van der Waals surface area contributed by atoms with Gasteiger partial charge in [0.2, 0.25) is 16.9 Å². The minimum Gasteiger partial charge on any atom is -0.330 e. The van der Waals surface area contributed by atoms with Gasteiger partial charge < -0.3 is 5.32 Å². The van der Waals surface area contributed by atoms with E-state index in [1.165, 1.54) is 35.1 Å². The molecule has 8 heteroatoms. The van der Waals surface area contributed by atoms with Gasteiger partial charge in [0, 0.05) is 11.6 Å². The van der Waals surface area contributed by atoms with Gasteiger partial charge in [-0.1, -0.05) is 60.1 Å². The minimum atomic E-state index is -0.270. The summed E-state index contributed by atoms with van der Waals surface area (Å²) in [7, 11) is 0. The van der Waals surface area contributed by atoms with Crippen molar-refractivity contribution >= 4 is 45.7 Å². The maximum atomic E-state index is 12.1. The molecule has 1 heterocycles. The molecule has 0 bridgehead atoms. The number of imide groups is 1. The van der Waals surface area contributed by atoms with Crippen molar-refractivity contribution < 1.29 is 9.59 Å².